The van der Waals surface area contributed by atoms with Crippen LogP contribution in [0.5, 0.6) is 0 Å². The number of hydrogen-bond donors (Lipinski definition) is 4. The molecule has 0 saturated carbocycles. The van der Waals surface area contributed by atoms with E-state index < -0.39 is 0 Å². The topological polar surface area (TPSA) is 121 Å². The van der Waals surface area contributed by atoms with Crippen LogP contribution in [0, 0.1) is 6.92 Å². The summed E-state index contributed by atoms with van der Waals surface area (Å²) in [5.41, 5.74) is 1.43. The van der Waals surface area contributed by atoms with Crippen LogP contribution >= 0.6 is 0 Å². The SMILES string of the molecule is Cc1nc(Nc2cc(CC(=O)Nc3ccccc3)[nH]n2)nc(NC(C)C)n1. The van der Waals surface area contributed by atoms with Crippen LogP contribution in [0.4, 0.5) is 23.4 Å². The normalized spacial score (nSPS) is 10.7. The standard InChI is InChI=1S/C18H22N8O/c1-11(2)19-17-20-12(3)21-18(24-17)23-15-9-14(25-26-15)10-16(27)22-13-7-5-4-6-8-13/h4-9,11H,10H2,1-3H3,(H,22,27)(H3,19,20,21,23,24,25,26). The number of amides is 1. The van der Waals surface area contributed by atoms with Crippen molar-refractivity contribution in [3.63, 3.8) is 0 Å². The maximum atomic E-state index is 12.1. The van der Waals surface area contributed by atoms with Crippen LogP contribution in [-0.4, -0.2) is 37.1 Å². The molecule has 0 atom stereocenters. The number of aromatic nitrogens is 5. The van der Waals surface area contributed by atoms with Crippen molar-refractivity contribution >= 4 is 29.3 Å². The summed E-state index contributed by atoms with van der Waals surface area (Å²) in [5, 5.41) is 16.0. The molecule has 0 saturated heterocycles. The van der Waals surface area contributed by atoms with Gasteiger partial charge in [-0.2, -0.15) is 20.1 Å². The Balaban J connectivity index is 1.62. The number of para-hydroxylation sites is 1. The number of carbonyl (C=O) groups is 1. The lowest BCUT2D eigenvalue weighted by molar-refractivity contribution is -0.115. The fourth-order valence-corrected chi connectivity index (χ4v) is 2.39. The van der Waals surface area contributed by atoms with Crippen molar-refractivity contribution < 1.29 is 4.79 Å². The lowest BCUT2D eigenvalue weighted by Crippen LogP contribution is -2.14. The van der Waals surface area contributed by atoms with Crippen LogP contribution in [0.15, 0.2) is 36.4 Å². The van der Waals surface area contributed by atoms with E-state index >= 15 is 0 Å². The van der Waals surface area contributed by atoms with Gasteiger partial charge in [-0.15, -0.1) is 0 Å². The highest BCUT2D eigenvalue weighted by Gasteiger charge is 2.10. The third-order valence-electron chi connectivity index (χ3n) is 3.44. The molecule has 27 heavy (non-hydrogen) atoms. The second-order valence-corrected chi connectivity index (χ2v) is 6.32. The van der Waals surface area contributed by atoms with E-state index in [-0.39, 0.29) is 18.4 Å². The molecular weight excluding hydrogens is 344 g/mol. The largest absolute Gasteiger partial charge is 0.352 e. The first kappa shape index (κ1) is 18.3. The van der Waals surface area contributed by atoms with Crippen molar-refractivity contribution in [3.05, 3.63) is 47.9 Å². The zero-order valence-corrected chi connectivity index (χ0v) is 15.4. The second kappa shape index (κ2) is 8.26. The lowest BCUT2D eigenvalue weighted by atomic mass is 10.2. The fraction of sp³-hybridized carbons (Fsp3) is 0.278. The number of carbonyl (C=O) groups excluding carboxylic acids is 1. The van der Waals surface area contributed by atoms with Crippen molar-refractivity contribution in [1.29, 1.82) is 0 Å². The zero-order valence-electron chi connectivity index (χ0n) is 15.4. The van der Waals surface area contributed by atoms with Gasteiger partial charge in [0.25, 0.3) is 0 Å². The van der Waals surface area contributed by atoms with Crippen LogP contribution in [0.1, 0.15) is 25.4 Å². The van der Waals surface area contributed by atoms with E-state index in [1.54, 1.807) is 13.0 Å². The number of aryl methyl sites for hydroxylation is 1. The Kier molecular flexibility index (Phi) is 5.60. The first-order chi connectivity index (χ1) is 13.0. The summed E-state index contributed by atoms with van der Waals surface area (Å²) in [6.45, 7) is 5.81. The molecule has 3 rings (SSSR count). The predicted molar refractivity (Wildman–Crippen MR) is 104 cm³/mol. The van der Waals surface area contributed by atoms with Crippen molar-refractivity contribution in [1.82, 2.24) is 25.1 Å². The molecule has 9 heteroatoms. The Labute approximate surface area is 157 Å². The monoisotopic (exact) mass is 366 g/mol. The Morgan fingerprint density at radius 1 is 1.11 bits per heavy atom. The molecule has 0 radical (unpaired) electrons. The molecule has 0 aliphatic rings. The Morgan fingerprint density at radius 3 is 2.59 bits per heavy atom. The van der Waals surface area contributed by atoms with Crippen molar-refractivity contribution in [2.75, 3.05) is 16.0 Å². The molecule has 1 amide bonds. The van der Waals surface area contributed by atoms with E-state index in [9.17, 15) is 4.79 Å². The molecule has 0 aliphatic carbocycles. The maximum Gasteiger partial charge on any atom is 0.233 e. The fourth-order valence-electron chi connectivity index (χ4n) is 2.39. The van der Waals surface area contributed by atoms with Gasteiger partial charge in [-0.3, -0.25) is 9.89 Å². The van der Waals surface area contributed by atoms with Gasteiger partial charge in [-0.05, 0) is 32.9 Å². The number of aromatic amines is 1. The number of anilines is 4. The number of hydrogen-bond acceptors (Lipinski definition) is 7. The average Bonchev–Trinajstić information content (AvgIpc) is 3.01. The van der Waals surface area contributed by atoms with E-state index in [0.717, 1.165) is 5.69 Å². The second-order valence-electron chi connectivity index (χ2n) is 6.32. The Bertz CT molecular complexity index is 907. The summed E-state index contributed by atoms with van der Waals surface area (Å²) in [4.78, 5) is 24.9. The maximum absolute atomic E-state index is 12.1. The summed E-state index contributed by atoms with van der Waals surface area (Å²) in [6.07, 6.45) is 0.181. The number of nitrogens with zero attached hydrogens (tertiary/aromatic N) is 4. The Morgan fingerprint density at radius 2 is 1.85 bits per heavy atom. The van der Waals surface area contributed by atoms with Crippen LogP contribution < -0.4 is 16.0 Å². The molecule has 0 bridgehead atoms. The number of H-pyrrole nitrogens is 1. The van der Waals surface area contributed by atoms with Crippen molar-refractivity contribution in [2.45, 2.75) is 33.2 Å². The van der Waals surface area contributed by atoms with Crippen molar-refractivity contribution in [2.24, 2.45) is 0 Å². The first-order valence-electron chi connectivity index (χ1n) is 8.63. The van der Waals surface area contributed by atoms with Crippen LogP contribution in [-0.2, 0) is 11.2 Å². The summed E-state index contributed by atoms with van der Waals surface area (Å²) in [7, 11) is 0. The predicted octanol–water partition coefficient (Wildman–Crippen LogP) is 2.65. The smallest absolute Gasteiger partial charge is 0.233 e. The lowest BCUT2D eigenvalue weighted by Gasteiger charge is -2.09. The number of nitrogens with one attached hydrogen (secondary N) is 4. The van der Waals surface area contributed by atoms with Gasteiger partial charge in [0.2, 0.25) is 17.8 Å². The van der Waals surface area contributed by atoms with Gasteiger partial charge in [-0.25, -0.2) is 0 Å². The van der Waals surface area contributed by atoms with Gasteiger partial charge >= 0.3 is 0 Å². The van der Waals surface area contributed by atoms with E-state index in [2.05, 4.69) is 41.1 Å². The molecule has 9 nitrogen and oxygen atoms in total. The first-order valence-corrected chi connectivity index (χ1v) is 8.63. The highest BCUT2D eigenvalue weighted by atomic mass is 16.1. The van der Waals surface area contributed by atoms with Gasteiger partial charge in [0, 0.05) is 23.5 Å². The molecule has 0 aliphatic heterocycles. The quantitative estimate of drug-likeness (QED) is 0.507. The van der Waals surface area contributed by atoms with Gasteiger partial charge in [-0.1, -0.05) is 18.2 Å². The minimum atomic E-state index is -0.129. The van der Waals surface area contributed by atoms with E-state index in [0.29, 0.717) is 29.2 Å². The van der Waals surface area contributed by atoms with Crippen LogP contribution in [0.3, 0.4) is 0 Å². The van der Waals surface area contributed by atoms with E-state index in [1.807, 2.05) is 44.2 Å². The third-order valence-corrected chi connectivity index (χ3v) is 3.44. The van der Waals surface area contributed by atoms with Gasteiger partial charge in [0.15, 0.2) is 5.82 Å². The number of benzene rings is 1. The summed E-state index contributed by atoms with van der Waals surface area (Å²) in [6, 6.07) is 11.3. The van der Waals surface area contributed by atoms with Crippen LogP contribution in [0.25, 0.3) is 0 Å². The molecule has 1 aromatic carbocycles. The molecule has 0 fully saturated rings. The van der Waals surface area contributed by atoms with Crippen molar-refractivity contribution in [3.8, 4) is 0 Å². The minimum Gasteiger partial charge on any atom is -0.352 e. The molecule has 0 unspecified atom stereocenters. The zero-order chi connectivity index (χ0) is 19.2. The highest BCUT2D eigenvalue weighted by molar-refractivity contribution is 5.92. The molecule has 2 aromatic heterocycles. The summed E-state index contributed by atoms with van der Waals surface area (Å²) >= 11 is 0. The summed E-state index contributed by atoms with van der Waals surface area (Å²) in [5.74, 6) is 1.87. The van der Waals surface area contributed by atoms with Gasteiger partial charge < -0.3 is 16.0 Å². The molecule has 2 heterocycles. The molecule has 4 N–H and O–H groups in total. The van der Waals surface area contributed by atoms with E-state index in [4.69, 9.17) is 0 Å². The summed E-state index contributed by atoms with van der Waals surface area (Å²) < 4.78 is 0. The van der Waals surface area contributed by atoms with Gasteiger partial charge in [0.05, 0.1) is 6.42 Å². The van der Waals surface area contributed by atoms with E-state index in [1.165, 1.54) is 0 Å². The number of rotatable bonds is 7. The molecule has 0 spiro atoms. The van der Waals surface area contributed by atoms with Gasteiger partial charge in [0.1, 0.15) is 5.82 Å². The van der Waals surface area contributed by atoms with Crippen LogP contribution in [0.2, 0.25) is 0 Å². The molecular formula is C18H22N8O. The average molecular weight is 366 g/mol. The molecule has 140 valence electrons. The minimum absolute atomic E-state index is 0.129. The highest BCUT2D eigenvalue weighted by Crippen LogP contribution is 2.14. The Hall–Kier alpha value is -3.49. The third kappa shape index (κ3) is 5.50. The molecule has 3 aromatic rings.